The lowest BCUT2D eigenvalue weighted by Crippen LogP contribution is -2.31. The quantitative estimate of drug-likeness (QED) is 0.704. The van der Waals surface area contributed by atoms with Crippen molar-refractivity contribution in [1.82, 2.24) is 13.8 Å². The van der Waals surface area contributed by atoms with Gasteiger partial charge in [0.05, 0.1) is 30.0 Å². The molecule has 25 heavy (non-hydrogen) atoms. The van der Waals surface area contributed by atoms with Crippen LogP contribution in [-0.2, 0) is 21.3 Å². The Bertz CT molecular complexity index is 983. The van der Waals surface area contributed by atoms with E-state index in [0.717, 1.165) is 30.9 Å². The third-order valence-electron chi connectivity index (χ3n) is 4.37. The smallest absolute Gasteiger partial charge is 0.268 e. The first-order chi connectivity index (χ1) is 12.0. The van der Waals surface area contributed by atoms with E-state index < -0.39 is 10.0 Å². The van der Waals surface area contributed by atoms with Gasteiger partial charge in [0.1, 0.15) is 0 Å². The van der Waals surface area contributed by atoms with Crippen LogP contribution in [0.4, 0.5) is 0 Å². The van der Waals surface area contributed by atoms with Gasteiger partial charge in [0.2, 0.25) is 0 Å². The van der Waals surface area contributed by atoms with Gasteiger partial charge in [-0.15, -0.1) is 0 Å². The summed E-state index contributed by atoms with van der Waals surface area (Å²) in [5, 5.41) is 4.35. The van der Waals surface area contributed by atoms with Gasteiger partial charge in [-0.3, -0.25) is 4.68 Å². The number of nitrogens with zero attached hydrogens (tertiary/aromatic N) is 3. The normalized spacial score (nSPS) is 15.2. The van der Waals surface area contributed by atoms with Crippen molar-refractivity contribution < 1.29 is 13.2 Å². The summed E-state index contributed by atoms with van der Waals surface area (Å²) in [5.41, 5.74) is 2.41. The highest BCUT2D eigenvalue weighted by molar-refractivity contribution is 7.90. The SMILES string of the molecule is Cc1ccc(S(=O)(=O)n2cccc2-c2cnn(CC3COC3)c2)cc1. The summed E-state index contributed by atoms with van der Waals surface area (Å²) in [5.74, 6) is 0.482. The molecule has 3 heterocycles. The van der Waals surface area contributed by atoms with Gasteiger partial charge < -0.3 is 4.74 Å². The van der Waals surface area contributed by atoms with E-state index in [1.54, 1.807) is 48.8 Å². The molecule has 0 bridgehead atoms. The molecule has 0 unspecified atom stereocenters. The first-order valence-electron chi connectivity index (χ1n) is 8.14. The van der Waals surface area contributed by atoms with Crippen molar-refractivity contribution in [3.8, 4) is 11.3 Å². The van der Waals surface area contributed by atoms with E-state index in [2.05, 4.69) is 5.10 Å². The fraction of sp³-hybridized carbons (Fsp3) is 0.278. The molecule has 130 valence electrons. The minimum atomic E-state index is -3.64. The Labute approximate surface area is 146 Å². The molecule has 6 nitrogen and oxygen atoms in total. The lowest BCUT2D eigenvalue weighted by molar-refractivity contribution is -0.0408. The predicted molar refractivity (Wildman–Crippen MR) is 93.7 cm³/mol. The van der Waals surface area contributed by atoms with Gasteiger partial charge in [-0.05, 0) is 31.2 Å². The van der Waals surface area contributed by atoms with Crippen molar-refractivity contribution in [3.63, 3.8) is 0 Å². The lowest BCUT2D eigenvalue weighted by atomic mass is 10.1. The maximum absolute atomic E-state index is 13.0. The van der Waals surface area contributed by atoms with Crippen LogP contribution in [0.15, 0.2) is 59.9 Å². The molecule has 0 amide bonds. The molecule has 7 heteroatoms. The minimum Gasteiger partial charge on any atom is -0.381 e. The van der Waals surface area contributed by atoms with Gasteiger partial charge in [0.15, 0.2) is 0 Å². The fourth-order valence-electron chi connectivity index (χ4n) is 2.87. The second kappa shape index (κ2) is 6.16. The van der Waals surface area contributed by atoms with Crippen LogP contribution in [0.3, 0.4) is 0 Å². The fourth-order valence-corrected chi connectivity index (χ4v) is 4.24. The van der Waals surface area contributed by atoms with Crippen molar-refractivity contribution in [1.29, 1.82) is 0 Å². The summed E-state index contributed by atoms with van der Waals surface area (Å²) >= 11 is 0. The minimum absolute atomic E-state index is 0.273. The molecule has 1 saturated heterocycles. The van der Waals surface area contributed by atoms with Crippen LogP contribution in [0.2, 0.25) is 0 Å². The van der Waals surface area contributed by atoms with Crippen molar-refractivity contribution in [2.75, 3.05) is 13.2 Å². The lowest BCUT2D eigenvalue weighted by Gasteiger charge is -2.25. The highest BCUT2D eigenvalue weighted by Crippen LogP contribution is 2.25. The standard InChI is InChI=1S/C18H19N3O3S/c1-14-4-6-17(7-5-14)25(22,23)21-8-2-3-18(21)16-9-19-20(11-16)10-15-12-24-13-15/h2-9,11,15H,10,12-13H2,1H3. The molecule has 1 aliphatic heterocycles. The van der Waals surface area contributed by atoms with Crippen LogP contribution >= 0.6 is 0 Å². The van der Waals surface area contributed by atoms with Crippen molar-refractivity contribution in [3.05, 3.63) is 60.6 Å². The maximum atomic E-state index is 13.0. The number of hydrogen-bond acceptors (Lipinski definition) is 4. The molecule has 0 saturated carbocycles. The average Bonchev–Trinajstić information content (AvgIpc) is 3.20. The third kappa shape index (κ3) is 3.01. The van der Waals surface area contributed by atoms with Gasteiger partial charge >= 0.3 is 0 Å². The molecule has 0 radical (unpaired) electrons. The van der Waals surface area contributed by atoms with Crippen LogP contribution < -0.4 is 0 Å². The average molecular weight is 357 g/mol. The van der Waals surface area contributed by atoms with Crippen LogP contribution in [0.25, 0.3) is 11.3 Å². The Morgan fingerprint density at radius 1 is 1.20 bits per heavy atom. The van der Waals surface area contributed by atoms with E-state index in [0.29, 0.717) is 11.6 Å². The summed E-state index contributed by atoms with van der Waals surface area (Å²) in [6, 6.07) is 10.4. The molecule has 0 N–H and O–H groups in total. The van der Waals surface area contributed by atoms with E-state index in [4.69, 9.17) is 4.74 Å². The van der Waals surface area contributed by atoms with E-state index >= 15 is 0 Å². The summed E-state index contributed by atoms with van der Waals surface area (Å²) in [7, 11) is -3.64. The van der Waals surface area contributed by atoms with Crippen molar-refractivity contribution in [2.45, 2.75) is 18.4 Å². The van der Waals surface area contributed by atoms with E-state index in [1.165, 1.54) is 3.97 Å². The van der Waals surface area contributed by atoms with Gasteiger partial charge in [-0.1, -0.05) is 17.7 Å². The van der Waals surface area contributed by atoms with E-state index in [-0.39, 0.29) is 4.90 Å². The van der Waals surface area contributed by atoms with Crippen LogP contribution in [-0.4, -0.2) is 35.4 Å². The molecule has 0 atom stereocenters. The number of hydrogen-bond donors (Lipinski definition) is 0. The third-order valence-corrected chi connectivity index (χ3v) is 6.08. The Hall–Kier alpha value is -2.38. The molecule has 3 aromatic rings. The van der Waals surface area contributed by atoms with Crippen molar-refractivity contribution >= 4 is 10.0 Å². The zero-order valence-corrected chi connectivity index (χ0v) is 14.7. The topological polar surface area (TPSA) is 66.1 Å². The molecular formula is C18H19N3O3S. The van der Waals surface area contributed by atoms with Crippen LogP contribution in [0.5, 0.6) is 0 Å². The van der Waals surface area contributed by atoms with E-state index in [1.807, 2.05) is 17.8 Å². The zero-order chi connectivity index (χ0) is 17.4. The second-order valence-corrected chi connectivity index (χ2v) is 8.18. The first-order valence-corrected chi connectivity index (χ1v) is 9.58. The monoisotopic (exact) mass is 357 g/mol. The summed E-state index contributed by atoms with van der Waals surface area (Å²) < 4.78 is 34.3. The van der Waals surface area contributed by atoms with Gasteiger partial charge in [0, 0.05) is 30.4 Å². The van der Waals surface area contributed by atoms with Gasteiger partial charge in [-0.2, -0.15) is 5.10 Å². The molecular weight excluding hydrogens is 338 g/mol. The molecule has 1 aromatic carbocycles. The first kappa shape index (κ1) is 16.1. The Kier molecular flexibility index (Phi) is 3.97. The number of rotatable bonds is 5. The Morgan fingerprint density at radius 3 is 2.64 bits per heavy atom. The second-order valence-electron chi connectivity index (χ2n) is 6.36. The molecule has 2 aromatic heterocycles. The number of benzene rings is 1. The number of ether oxygens (including phenoxy) is 1. The van der Waals surface area contributed by atoms with Gasteiger partial charge in [-0.25, -0.2) is 12.4 Å². The highest BCUT2D eigenvalue weighted by Gasteiger charge is 2.22. The number of aryl methyl sites for hydroxylation is 1. The Morgan fingerprint density at radius 2 is 1.96 bits per heavy atom. The molecule has 0 spiro atoms. The summed E-state index contributed by atoms with van der Waals surface area (Å²) in [6.45, 7) is 4.23. The van der Waals surface area contributed by atoms with Gasteiger partial charge in [0.25, 0.3) is 10.0 Å². The maximum Gasteiger partial charge on any atom is 0.268 e. The molecule has 1 fully saturated rings. The zero-order valence-electron chi connectivity index (χ0n) is 13.9. The van der Waals surface area contributed by atoms with Crippen LogP contribution in [0.1, 0.15) is 5.56 Å². The predicted octanol–water partition coefficient (Wildman–Crippen LogP) is 2.54. The highest BCUT2D eigenvalue weighted by atomic mass is 32.2. The summed E-state index contributed by atoms with van der Waals surface area (Å²) in [4.78, 5) is 0.273. The van der Waals surface area contributed by atoms with E-state index in [9.17, 15) is 8.42 Å². The molecule has 0 aliphatic carbocycles. The largest absolute Gasteiger partial charge is 0.381 e. The van der Waals surface area contributed by atoms with Crippen LogP contribution in [0, 0.1) is 12.8 Å². The molecule has 1 aliphatic rings. The Balaban J connectivity index is 1.67. The molecule has 4 rings (SSSR count). The number of aromatic nitrogens is 3. The van der Waals surface area contributed by atoms with Crippen molar-refractivity contribution in [2.24, 2.45) is 5.92 Å². The summed E-state index contributed by atoms with van der Waals surface area (Å²) in [6.07, 6.45) is 5.16.